The Labute approximate surface area is 119 Å². The van der Waals surface area contributed by atoms with Gasteiger partial charge in [-0.15, -0.1) is 0 Å². The maximum atomic E-state index is 5.89. The fourth-order valence-corrected chi connectivity index (χ4v) is 5.20. The fraction of sp³-hybridized carbons (Fsp3) is 0.800. The molecule has 0 aliphatic heterocycles. The fourth-order valence-electron chi connectivity index (χ4n) is 5.20. The standard InChI is InChI=1S/C15H24N4O/c1-20-7-6-19-11(4-5-17-19)15(18-16)14-12-9-2-3-10(8-9)13(12)14/h4-5,9-10,12-15,18H,2-3,6-8,16H2,1H3. The number of nitrogens with zero attached hydrogens (tertiary/aromatic N) is 2. The van der Waals surface area contributed by atoms with Crippen molar-refractivity contribution in [3.8, 4) is 0 Å². The Kier molecular flexibility index (Phi) is 3.09. The van der Waals surface area contributed by atoms with E-state index in [-0.39, 0.29) is 6.04 Å². The van der Waals surface area contributed by atoms with Crippen molar-refractivity contribution in [2.75, 3.05) is 13.7 Å². The zero-order valence-corrected chi connectivity index (χ0v) is 12.0. The third-order valence-corrected chi connectivity index (χ3v) is 5.93. The number of hydrogen-bond acceptors (Lipinski definition) is 4. The van der Waals surface area contributed by atoms with Gasteiger partial charge in [-0.25, -0.2) is 0 Å². The molecule has 4 rings (SSSR count). The van der Waals surface area contributed by atoms with Crippen molar-refractivity contribution in [1.29, 1.82) is 0 Å². The number of nitrogens with two attached hydrogens (primary N) is 1. The van der Waals surface area contributed by atoms with Gasteiger partial charge < -0.3 is 4.74 Å². The molecule has 0 aromatic carbocycles. The lowest BCUT2D eigenvalue weighted by molar-refractivity contribution is 0.181. The highest BCUT2D eigenvalue weighted by atomic mass is 16.5. The van der Waals surface area contributed by atoms with Gasteiger partial charge in [-0.2, -0.15) is 5.10 Å². The van der Waals surface area contributed by atoms with Crippen LogP contribution in [0.5, 0.6) is 0 Å². The van der Waals surface area contributed by atoms with E-state index in [1.54, 1.807) is 7.11 Å². The highest BCUT2D eigenvalue weighted by Gasteiger charge is 2.67. The zero-order chi connectivity index (χ0) is 13.7. The Bertz CT molecular complexity index is 472. The number of nitrogens with one attached hydrogen (secondary N) is 1. The molecule has 0 spiro atoms. The van der Waals surface area contributed by atoms with Crippen LogP contribution in [0.3, 0.4) is 0 Å². The number of hydrogen-bond donors (Lipinski definition) is 2. The van der Waals surface area contributed by atoms with Gasteiger partial charge in [-0.1, -0.05) is 0 Å². The molecule has 1 aromatic rings. The third-order valence-electron chi connectivity index (χ3n) is 5.93. The van der Waals surface area contributed by atoms with E-state index in [1.165, 1.54) is 25.0 Å². The van der Waals surface area contributed by atoms with Gasteiger partial charge in [0.15, 0.2) is 0 Å². The van der Waals surface area contributed by atoms with E-state index < -0.39 is 0 Å². The van der Waals surface area contributed by atoms with Crippen LogP contribution in [0.1, 0.15) is 31.0 Å². The topological polar surface area (TPSA) is 65.1 Å². The molecular weight excluding hydrogens is 252 g/mol. The summed E-state index contributed by atoms with van der Waals surface area (Å²) in [6.07, 6.45) is 6.25. The normalized spacial score (nSPS) is 39.0. The monoisotopic (exact) mass is 276 g/mol. The predicted molar refractivity (Wildman–Crippen MR) is 75.5 cm³/mol. The van der Waals surface area contributed by atoms with Crippen molar-refractivity contribution in [3.63, 3.8) is 0 Å². The first-order valence-corrected chi connectivity index (χ1v) is 7.82. The van der Waals surface area contributed by atoms with Gasteiger partial charge in [0.2, 0.25) is 0 Å². The molecule has 3 aliphatic carbocycles. The van der Waals surface area contributed by atoms with E-state index in [1.807, 2.05) is 10.9 Å². The number of aromatic nitrogens is 2. The summed E-state index contributed by atoms with van der Waals surface area (Å²) in [4.78, 5) is 0. The predicted octanol–water partition coefficient (Wildman–Crippen LogP) is 1.33. The Hall–Kier alpha value is -0.910. The number of rotatable bonds is 6. The minimum atomic E-state index is 0.257. The summed E-state index contributed by atoms with van der Waals surface area (Å²) in [5.41, 5.74) is 4.30. The van der Waals surface area contributed by atoms with E-state index in [2.05, 4.69) is 16.6 Å². The SMILES string of the molecule is COCCn1nccc1C(NN)C1C2C3CCC(C3)C21. The molecule has 1 heterocycles. The lowest BCUT2D eigenvalue weighted by Crippen LogP contribution is -2.33. The first-order chi connectivity index (χ1) is 9.85. The van der Waals surface area contributed by atoms with E-state index in [4.69, 9.17) is 10.6 Å². The van der Waals surface area contributed by atoms with Gasteiger partial charge in [-0.3, -0.25) is 16.0 Å². The van der Waals surface area contributed by atoms with Crippen LogP contribution >= 0.6 is 0 Å². The van der Waals surface area contributed by atoms with E-state index in [0.29, 0.717) is 6.61 Å². The van der Waals surface area contributed by atoms with Crippen LogP contribution in [0.4, 0.5) is 0 Å². The van der Waals surface area contributed by atoms with Crippen LogP contribution in [0.25, 0.3) is 0 Å². The largest absolute Gasteiger partial charge is 0.383 e. The quantitative estimate of drug-likeness (QED) is 0.607. The van der Waals surface area contributed by atoms with E-state index >= 15 is 0 Å². The van der Waals surface area contributed by atoms with Gasteiger partial charge in [0.1, 0.15) is 0 Å². The molecule has 3 fully saturated rings. The minimum absolute atomic E-state index is 0.257. The molecule has 3 saturated carbocycles. The van der Waals surface area contributed by atoms with Crippen molar-refractivity contribution >= 4 is 0 Å². The van der Waals surface area contributed by atoms with Crippen LogP contribution in [0, 0.1) is 29.6 Å². The average molecular weight is 276 g/mol. The molecule has 0 radical (unpaired) electrons. The minimum Gasteiger partial charge on any atom is -0.383 e. The molecule has 3 aliphatic rings. The molecule has 5 atom stereocenters. The number of fused-ring (bicyclic) bond motifs is 5. The molecule has 2 bridgehead atoms. The van der Waals surface area contributed by atoms with Crippen molar-refractivity contribution in [1.82, 2.24) is 15.2 Å². The molecule has 20 heavy (non-hydrogen) atoms. The number of methoxy groups -OCH3 is 1. The van der Waals surface area contributed by atoms with Crippen LogP contribution in [-0.2, 0) is 11.3 Å². The summed E-state index contributed by atoms with van der Waals surface area (Å²) in [6.45, 7) is 1.49. The second kappa shape index (κ2) is 4.83. The van der Waals surface area contributed by atoms with Gasteiger partial charge in [0.05, 0.1) is 24.9 Å². The van der Waals surface area contributed by atoms with Crippen molar-refractivity contribution < 1.29 is 4.74 Å². The maximum absolute atomic E-state index is 5.89. The molecule has 110 valence electrons. The third kappa shape index (κ3) is 1.76. The van der Waals surface area contributed by atoms with Crippen LogP contribution in [-0.4, -0.2) is 23.5 Å². The summed E-state index contributed by atoms with van der Waals surface area (Å²) >= 11 is 0. The molecular formula is C15H24N4O. The summed E-state index contributed by atoms with van der Waals surface area (Å²) < 4.78 is 7.21. The second-order valence-corrected chi connectivity index (χ2v) is 6.68. The first kappa shape index (κ1) is 12.8. The van der Waals surface area contributed by atoms with Crippen LogP contribution in [0.15, 0.2) is 12.3 Å². The van der Waals surface area contributed by atoms with E-state index in [0.717, 1.165) is 36.1 Å². The Morgan fingerprint density at radius 1 is 1.45 bits per heavy atom. The Morgan fingerprint density at radius 3 is 2.85 bits per heavy atom. The molecule has 0 amide bonds. The first-order valence-electron chi connectivity index (χ1n) is 7.82. The highest BCUT2D eigenvalue weighted by Crippen LogP contribution is 2.72. The molecule has 0 saturated heterocycles. The van der Waals surface area contributed by atoms with Crippen LogP contribution in [0.2, 0.25) is 0 Å². The zero-order valence-electron chi connectivity index (χ0n) is 12.0. The van der Waals surface area contributed by atoms with Crippen LogP contribution < -0.4 is 11.3 Å². The number of hydrazine groups is 1. The average Bonchev–Trinajstić information content (AvgIpc) is 2.87. The Balaban J connectivity index is 1.53. The van der Waals surface area contributed by atoms with Crippen molar-refractivity contribution in [3.05, 3.63) is 18.0 Å². The summed E-state index contributed by atoms with van der Waals surface area (Å²) in [7, 11) is 1.73. The lowest BCUT2D eigenvalue weighted by Gasteiger charge is -2.21. The maximum Gasteiger partial charge on any atom is 0.0662 e. The lowest BCUT2D eigenvalue weighted by atomic mass is 9.96. The molecule has 3 N–H and O–H groups in total. The van der Waals surface area contributed by atoms with Gasteiger partial charge >= 0.3 is 0 Å². The van der Waals surface area contributed by atoms with Crippen molar-refractivity contribution in [2.24, 2.45) is 35.4 Å². The second-order valence-electron chi connectivity index (χ2n) is 6.68. The molecule has 5 unspecified atom stereocenters. The van der Waals surface area contributed by atoms with Crippen molar-refractivity contribution in [2.45, 2.75) is 31.8 Å². The molecule has 1 aromatic heterocycles. The summed E-state index contributed by atoms with van der Waals surface area (Å²) in [5, 5.41) is 4.42. The Morgan fingerprint density at radius 2 is 2.20 bits per heavy atom. The smallest absolute Gasteiger partial charge is 0.0662 e. The molecule has 5 heteroatoms. The van der Waals surface area contributed by atoms with Gasteiger partial charge in [0.25, 0.3) is 0 Å². The number of ether oxygens (including phenoxy) is 1. The van der Waals surface area contributed by atoms with Gasteiger partial charge in [-0.05, 0) is 54.9 Å². The highest BCUT2D eigenvalue weighted by molar-refractivity contribution is 5.21. The van der Waals surface area contributed by atoms with Gasteiger partial charge in [0, 0.05) is 13.3 Å². The summed E-state index contributed by atoms with van der Waals surface area (Å²) in [5.74, 6) is 10.4. The van der Waals surface area contributed by atoms with E-state index in [9.17, 15) is 0 Å². The molecule has 5 nitrogen and oxygen atoms in total. The summed E-state index contributed by atoms with van der Waals surface area (Å²) in [6, 6.07) is 2.36.